The standard InChI is InChI=1S/C28H38ClN3O/c1-19(2)26(31-27(33)23-13-15-30-25-8-6-5-7-22(23)25)17-32-16-14-24(28(3,4)18-32)20-9-11-21(29)12-10-20/h5-11,15,19,21,24-26H,12-14,16-18H2,1-4H3,(H,31,33)/t21?,24-,25?,26+/m1/s1. The van der Waals surface area contributed by atoms with Crippen LogP contribution in [0.1, 0.15) is 47.0 Å². The van der Waals surface area contributed by atoms with Crippen molar-refractivity contribution in [3.8, 4) is 0 Å². The van der Waals surface area contributed by atoms with Crippen molar-refractivity contribution < 1.29 is 4.79 Å². The minimum Gasteiger partial charge on any atom is -0.348 e. The second kappa shape index (κ2) is 10.1. The van der Waals surface area contributed by atoms with Gasteiger partial charge in [0.05, 0.1) is 11.4 Å². The number of nitrogens with one attached hydrogen (secondary N) is 1. The summed E-state index contributed by atoms with van der Waals surface area (Å²) < 4.78 is 0. The van der Waals surface area contributed by atoms with Crippen LogP contribution in [0.3, 0.4) is 0 Å². The van der Waals surface area contributed by atoms with Gasteiger partial charge in [0.1, 0.15) is 0 Å². The van der Waals surface area contributed by atoms with E-state index in [1.807, 2.05) is 24.4 Å². The van der Waals surface area contributed by atoms with Crippen LogP contribution in [-0.4, -0.2) is 54.1 Å². The number of hydrogen-bond acceptors (Lipinski definition) is 3. The molecule has 1 saturated heterocycles. The van der Waals surface area contributed by atoms with Crippen LogP contribution < -0.4 is 5.32 Å². The molecule has 2 unspecified atom stereocenters. The maximum absolute atomic E-state index is 13.3. The van der Waals surface area contributed by atoms with E-state index in [4.69, 9.17) is 11.6 Å². The van der Waals surface area contributed by atoms with Crippen molar-refractivity contribution in [1.82, 2.24) is 10.2 Å². The smallest absolute Gasteiger partial charge is 0.248 e. The summed E-state index contributed by atoms with van der Waals surface area (Å²) in [6.07, 6.45) is 19.3. The Morgan fingerprint density at radius 2 is 2.09 bits per heavy atom. The zero-order valence-electron chi connectivity index (χ0n) is 20.4. The number of dihydropyridines is 1. The van der Waals surface area contributed by atoms with E-state index < -0.39 is 0 Å². The number of fused-ring (bicyclic) bond motifs is 1. The maximum Gasteiger partial charge on any atom is 0.248 e. The Morgan fingerprint density at radius 3 is 2.79 bits per heavy atom. The molecule has 33 heavy (non-hydrogen) atoms. The molecule has 4 rings (SSSR count). The summed E-state index contributed by atoms with van der Waals surface area (Å²) in [5, 5.41) is 3.51. The maximum atomic E-state index is 13.3. The highest BCUT2D eigenvalue weighted by Crippen LogP contribution is 2.41. The molecule has 4 atom stereocenters. The van der Waals surface area contributed by atoms with E-state index in [0.29, 0.717) is 18.3 Å². The molecule has 2 aliphatic heterocycles. The van der Waals surface area contributed by atoms with Crippen LogP contribution in [-0.2, 0) is 4.79 Å². The van der Waals surface area contributed by atoms with Gasteiger partial charge in [-0.15, -0.1) is 11.6 Å². The lowest BCUT2D eigenvalue weighted by atomic mass is 9.69. The normalized spacial score (nSPS) is 29.8. The zero-order valence-corrected chi connectivity index (χ0v) is 21.2. The van der Waals surface area contributed by atoms with E-state index in [1.54, 1.807) is 0 Å². The van der Waals surface area contributed by atoms with Crippen LogP contribution in [0.15, 0.2) is 64.2 Å². The summed E-state index contributed by atoms with van der Waals surface area (Å²) in [6.45, 7) is 12.1. The first-order valence-electron chi connectivity index (χ1n) is 12.4. The monoisotopic (exact) mass is 467 g/mol. The number of carbonyl (C=O) groups is 1. The van der Waals surface area contributed by atoms with Gasteiger partial charge < -0.3 is 10.2 Å². The molecule has 1 amide bonds. The van der Waals surface area contributed by atoms with Crippen LogP contribution in [0.4, 0.5) is 0 Å². The van der Waals surface area contributed by atoms with Crippen molar-refractivity contribution in [2.45, 2.75) is 64.4 Å². The predicted molar refractivity (Wildman–Crippen MR) is 139 cm³/mol. The lowest BCUT2D eigenvalue weighted by molar-refractivity contribution is -0.118. The topological polar surface area (TPSA) is 44.7 Å². The summed E-state index contributed by atoms with van der Waals surface area (Å²) in [4.78, 5) is 20.4. The molecule has 0 radical (unpaired) electrons. The van der Waals surface area contributed by atoms with Gasteiger partial charge in [-0.25, -0.2) is 0 Å². The Labute approximate surface area is 204 Å². The molecule has 4 aliphatic rings. The van der Waals surface area contributed by atoms with E-state index in [-0.39, 0.29) is 28.8 Å². The molecular weight excluding hydrogens is 430 g/mol. The summed E-state index contributed by atoms with van der Waals surface area (Å²) >= 11 is 6.25. The Balaban J connectivity index is 1.40. The molecule has 2 heterocycles. The highest BCUT2D eigenvalue weighted by molar-refractivity contribution is 6.22. The minimum absolute atomic E-state index is 0.0148. The molecule has 2 aliphatic carbocycles. The van der Waals surface area contributed by atoms with Gasteiger partial charge >= 0.3 is 0 Å². The molecule has 0 saturated carbocycles. The zero-order chi connectivity index (χ0) is 23.6. The van der Waals surface area contributed by atoms with E-state index in [0.717, 1.165) is 43.6 Å². The molecule has 0 aromatic carbocycles. The second-order valence-electron chi connectivity index (χ2n) is 10.9. The molecule has 0 bridgehead atoms. The fourth-order valence-corrected chi connectivity index (χ4v) is 5.77. The van der Waals surface area contributed by atoms with Gasteiger partial charge in [-0.3, -0.25) is 9.79 Å². The first-order valence-corrected chi connectivity index (χ1v) is 12.8. The molecule has 0 aromatic rings. The van der Waals surface area contributed by atoms with Gasteiger partial charge in [0.25, 0.3) is 0 Å². The summed E-state index contributed by atoms with van der Waals surface area (Å²) in [5.41, 5.74) is 3.52. The first kappa shape index (κ1) is 24.2. The number of piperidine rings is 1. The summed E-state index contributed by atoms with van der Waals surface area (Å²) in [7, 11) is 0. The predicted octanol–water partition coefficient (Wildman–Crippen LogP) is 5.23. The summed E-state index contributed by atoms with van der Waals surface area (Å²) in [6, 6.07) is 0.100. The molecule has 0 aromatic heterocycles. The Morgan fingerprint density at radius 1 is 1.27 bits per heavy atom. The third kappa shape index (κ3) is 5.60. The van der Waals surface area contributed by atoms with Gasteiger partial charge in [0.2, 0.25) is 5.91 Å². The van der Waals surface area contributed by atoms with Gasteiger partial charge in [-0.05, 0) is 47.8 Å². The van der Waals surface area contributed by atoms with E-state index in [2.05, 4.69) is 67.2 Å². The van der Waals surface area contributed by atoms with Crippen LogP contribution in [0.25, 0.3) is 0 Å². The number of hydrogen-bond donors (Lipinski definition) is 1. The van der Waals surface area contributed by atoms with Gasteiger partial charge in [0.15, 0.2) is 0 Å². The average Bonchev–Trinajstić information content (AvgIpc) is 2.78. The van der Waals surface area contributed by atoms with Crippen molar-refractivity contribution in [2.24, 2.45) is 22.2 Å². The SMILES string of the molecule is CC(C)[C@H](CN1CC[C@H](C2=CCC(Cl)C=C2)C(C)(C)C1)NC(=O)C1=C2C=CC=CC2N=CC1. The quantitative estimate of drug-likeness (QED) is 0.543. The Bertz CT molecular complexity index is 937. The molecule has 1 fully saturated rings. The summed E-state index contributed by atoms with van der Waals surface area (Å²) in [5.74, 6) is 0.972. The number of halogens is 1. The van der Waals surface area contributed by atoms with Crippen molar-refractivity contribution in [3.05, 3.63) is 59.3 Å². The number of alkyl halides is 1. The van der Waals surface area contributed by atoms with Crippen LogP contribution >= 0.6 is 11.6 Å². The van der Waals surface area contributed by atoms with Crippen molar-refractivity contribution >= 4 is 23.7 Å². The molecule has 0 spiro atoms. The molecule has 1 N–H and O–H groups in total. The number of carbonyl (C=O) groups excluding carboxylic acids is 1. The molecule has 4 nitrogen and oxygen atoms in total. The lowest BCUT2D eigenvalue weighted by Gasteiger charge is -2.46. The Hall–Kier alpha value is -1.91. The number of amides is 1. The van der Waals surface area contributed by atoms with Crippen molar-refractivity contribution in [2.75, 3.05) is 19.6 Å². The average molecular weight is 468 g/mol. The second-order valence-corrected chi connectivity index (χ2v) is 11.4. The number of rotatable bonds is 6. The minimum atomic E-state index is -0.0148. The first-order chi connectivity index (χ1) is 15.7. The van der Waals surface area contributed by atoms with Crippen molar-refractivity contribution in [3.63, 3.8) is 0 Å². The third-order valence-corrected chi connectivity index (χ3v) is 7.87. The van der Waals surface area contributed by atoms with Gasteiger partial charge in [-0.2, -0.15) is 0 Å². The van der Waals surface area contributed by atoms with Crippen LogP contribution in [0.2, 0.25) is 0 Å². The molecular formula is C28H38ClN3O. The largest absolute Gasteiger partial charge is 0.348 e. The highest BCUT2D eigenvalue weighted by Gasteiger charge is 2.38. The number of likely N-dealkylation sites (tertiary alicyclic amines) is 1. The van der Waals surface area contributed by atoms with Gasteiger partial charge in [0, 0.05) is 37.3 Å². The van der Waals surface area contributed by atoms with E-state index >= 15 is 0 Å². The highest BCUT2D eigenvalue weighted by atomic mass is 35.5. The number of aliphatic imine (C=N–C) groups is 1. The van der Waals surface area contributed by atoms with Gasteiger partial charge in [-0.1, -0.05) is 70.2 Å². The van der Waals surface area contributed by atoms with E-state index in [9.17, 15) is 4.79 Å². The van der Waals surface area contributed by atoms with Crippen molar-refractivity contribution in [1.29, 1.82) is 0 Å². The number of allylic oxidation sites excluding steroid dienone is 6. The fourth-order valence-electron chi connectivity index (χ4n) is 5.61. The fraction of sp³-hybridized carbons (Fsp3) is 0.571. The van der Waals surface area contributed by atoms with Crippen LogP contribution in [0, 0.1) is 17.3 Å². The lowest BCUT2D eigenvalue weighted by Crippen LogP contribution is -2.53. The number of nitrogens with zero attached hydrogens (tertiary/aromatic N) is 2. The van der Waals surface area contributed by atoms with E-state index in [1.165, 1.54) is 5.57 Å². The third-order valence-electron chi connectivity index (χ3n) is 7.55. The molecule has 5 heteroatoms. The molecule has 178 valence electrons. The van der Waals surface area contributed by atoms with Crippen LogP contribution in [0.5, 0.6) is 0 Å². The Kier molecular flexibility index (Phi) is 7.45.